The summed E-state index contributed by atoms with van der Waals surface area (Å²) >= 11 is 0. The van der Waals surface area contributed by atoms with Gasteiger partial charge in [0.2, 0.25) is 5.88 Å². The number of aliphatic hydroxyl groups excluding tert-OH is 2. The average Bonchev–Trinajstić information content (AvgIpc) is 2.94. The third-order valence-corrected chi connectivity index (χ3v) is 6.95. The number of hydrogen-bond donors (Lipinski definition) is 2. The molecule has 2 aromatic carbocycles. The Morgan fingerprint density at radius 1 is 1.13 bits per heavy atom. The fourth-order valence-corrected chi connectivity index (χ4v) is 4.69. The molecular formula is C32H37N3O4. The average molecular weight is 528 g/mol. The van der Waals surface area contributed by atoms with E-state index in [2.05, 4.69) is 72.1 Å². The van der Waals surface area contributed by atoms with E-state index in [0.29, 0.717) is 24.2 Å². The van der Waals surface area contributed by atoms with Crippen LogP contribution in [0.5, 0.6) is 5.88 Å². The van der Waals surface area contributed by atoms with E-state index in [4.69, 9.17) is 4.74 Å². The highest BCUT2D eigenvalue weighted by Gasteiger charge is 2.34. The molecule has 0 unspecified atom stereocenters. The molecule has 2 N–H and O–H groups in total. The molecule has 0 aliphatic carbocycles. The highest BCUT2D eigenvalue weighted by Crippen LogP contribution is 2.28. The molecule has 0 spiro atoms. The van der Waals surface area contributed by atoms with Crippen LogP contribution < -0.4 is 4.74 Å². The Morgan fingerprint density at radius 2 is 1.82 bits per heavy atom. The van der Waals surface area contributed by atoms with Crippen LogP contribution in [0.1, 0.15) is 42.3 Å². The van der Waals surface area contributed by atoms with E-state index < -0.39 is 6.10 Å². The molecule has 0 saturated heterocycles. The minimum atomic E-state index is -0.791. The zero-order valence-corrected chi connectivity index (χ0v) is 23.0. The molecule has 1 aliphatic heterocycles. The van der Waals surface area contributed by atoms with E-state index in [9.17, 15) is 15.0 Å². The van der Waals surface area contributed by atoms with E-state index >= 15 is 0 Å². The van der Waals surface area contributed by atoms with Gasteiger partial charge >= 0.3 is 0 Å². The summed E-state index contributed by atoms with van der Waals surface area (Å²) in [4.78, 5) is 21.9. The Bertz CT molecular complexity index is 1310. The molecule has 0 fully saturated rings. The Labute approximate surface area is 231 Å². The Morgan fingerprint density at radius 3 is 2.49 bits per heavy atom. The first-order valence-electron chi connectivity index (χ1n) is 13.4. The summed E-state index contributed by atoms with van der Waals surface area (Å²) in [7, 11) is 2.06. The number of pyridine rings is 1. The van der Waals surface area contributed by atoms with Crippen LogP contribution in [0.2, 0.25) is 0 Å². The second kappa shape index (κ2) is 12.9. The van der Waals surface area contributed by atoms with Crippen LogP contribution in [-0.4, -0.2) is 75.9 Å². The highest BCUT2D eigenvalue weighted by atomic mass is 16.5. The van der Waals surface area contributed by atoms with E-state index in [1.807, 2.05) is 25.1 Å². The number of likely N-dealkylation sites (N-methyl/N-ethyl adjacent to an activating group) is 1. The monoisotopic (exact) mass is 527 g/mol. The standard InChI is InChI=1S/C32H37N3O4/c1-22-18-35(23(2)21-36)32(38)29-16-26(11-10-24(3)37)17-33-31(29)39-30(22)20-34(4)19-25-12-14-28(15-13-25)27-8-6-5-7-9-27/h5-9,12-17,22-24,30,36-37H,18-21H2,1-4H3/t22-,23+,24-,30-/m0/s1. The Balaban J connectivity index is 1.54. The van der Waals surface area contributed by atoms with Gasteiger partial charge in [-0.1, -0.05) is 73.4 Å². The summed E-state index contributed by atoms with van der Waals surface area (Å²) in [5, 5.41) is 19.4. The van der Waals surface area contributed by atoms with E-state index in [1.54, 1.807) is 24.1 Å². The number of aromatic nitrogens is 1. The summed E-state index contributed by atoms with van der Waals surface area (Å²) in [5.41, 5.74) is 4.40. The molecule has 39 heavy (non-hydrogen) atoms. The summed E-state index contributed by atoms with van der Waals surface area (Å²) in [6.07, 6.45) is 0.531. The summed E-state index contributed by atoms with van der Waals surface area (Å²) in [6.45, 7) is 7.13. The molecule has 1 aliphatic rings. The lowest BCUT2D eigenvalue weighted by Gasteiger charge is -2.37. The third kappa shape index (κ3) is 7.24. The minimum absolute atomic E-state index is 0.00415. The molecule has 2 heterocycles. The molecule has 7 heteroatoms. The molecule has 0 radical (unpaired) electrons. The summed E-state index contributed by atoms with van der Waals surface area (Å²) in [5.74, 6) is 5.55. The number of nitrogens with zero attached hydrogens (tertiary/aromatic N) is 3. The first kappa shape index (κ1) is 28.3. The lowest BCUT2D eigenvalue weighted by molar-refractivity contribution is 0.0325. The maximum Gasteiger partial charge on any atom is 0.259 e. The lowest BCUT2D eigenvalue weighted by atomic mass is 9.99. The zero-order chi connectivity index (χ0) is 27.9. The van der Waals surface area contributed by atoms with E-state index in [-0.39, 0.29) is 36.5 Å². The number of carbonyl (C=O) groups excluding carboxylic acids is 1. The highest BCUT2D eigenvalue weighted by molar-refractivity contribution is 5.97. The maximum absolute atomic E-state index is 13.5. The molecule has 3 aromatic rings. The van der Waals surface area contributed by atoms with Crippen LogP contribution >= 0.6 is 0 Å². The molecular weight excluding hydrogens is 490 g/mol. The van der Waals surface area contributed by atoms with Crippen molar-refractivity contribution in [2.45, 2.75) is 45.6 Å². The molecule has 0 bridgehead atoms. The van der Waals surface area contributed by atoms with Gasteiger partial charge in [0.25, 0.3) is 5.91 Å². The largest absolute Gasteiger partial charge is 0.472 e. The van der Waals surface area contributed by atoms with Crippen LogP contribution in [-0.2, 0) is 6.54 Å². The van der Waals surface area contributed by atoms with Gasteiger partial charge in [-0.05, 0) is 43.7 Å². The molecule has 7 nitrogen and oxygen atoms in total. The number of benzene rings is 2. The summed E-state index contributed by atoms with van der Waals surface area (Å²) in [6, 6.07) is 20.2. The predicted molar refractivity (Wildman–Crippen MR) is 152 cm³/mol. The fraction of sp³-hybridized carbons (Fsp3) is 0.375. The second-order valence-corrected chi connectivity index (χ2v) is 10.4. The number of amides is 1. The third-order valence-electron chi connectivity index (χ3n) is 6.95. The van der Waals surface area contributed by atoms with Gasteiger partial charge in [0.1, 0.15) is 17.8 Å². The smallest absolute Gasteiger partial charge is 0.259 e. The van der Waals surface area contributed by atoms with Crippen LogP contribution in [0.3, 0.4) is 0 Å². The van der Waals surface area contributed by atoms with Gasteiger partial charge in [-0.2, -0.15) is 0 Å². The molecule has 4 rings (SSSR count). The predicted octanol–water partition coefficient (Wildman–Crippen LogP) is 3.83. The number of rotatable bonds is 7. The first-order chi connectivity index (χ1) is 18.7. The fourth-order valence-electron chi connectivity index (χ4n) is 4.69. The van der Waals surface area contributed by atoms with Crippen LogP contribution in [0.15, 0.2) is 66.9 Å². The maximum atomic E-state index is 13.5. The zero-order valence-electron chi connectivity index (χ0n) is 23.0. The van der Waals surface area contributed by atoms with Gasteiger partial charge in [0.15, 0.2) is 0 Å². The summed E-state index contributed by atoms with van der Waals surface area (Å²) < 4.78 is 6.39. The van der Waals surface area contributed by atoms with Crippen molar-refractivity contribution in [1.29, 1.82) is 0 Å². The SMILES string of the molecule is C[C@H](O)C#Cc1cnc2c(c1)C(=O)N([C@H](C)CO)C[C@H](C)[C@H](CN(C)Cc1ccc(-c3ccccc3)cc1)O2. The number of fused-ring (bicyclic) bond motifs is 1. The van der Waals surface area contributed by atoms with Crippen molar-refractivity contribution in [3.63, 3.8) is 0 Å². The van der Waals surface area contributed by atoms with Crippen LogP contribution in [0.4, 0.5) is 0 Å². The Kier molecular flexibility index (Phi) is 9.36. The molecule has 0 saturated carbocycles. The van der Waals surface area contributed by atoms with Crippen LogP contribution in [0.25, 0.3) is 11.1 Å². The first-order valence-corrected chi connectivity index (χ1v) is 13.4. The topological polar surface area (TPSA) is 86.1 Å². The van der Waals surface area contributed by atoms with Crippen molar-refractivity contribution in [1.82, 2.24) is 14.8 Å². The van der Waals surface area contributed by atoms with Crippen molar-refractivity contribution in [3.8, 4) is 28.8 Å². The van der Waals surface area contributed by atoms with Gasteiger partial charge in [-0.25, -0.2) is 4.98 Å². The van der Waals surface area contributed by atoms with Gasteiger partial charge in [-0.15, -0.1) is 0 Å². The molecule has 1 aromatic heterocycles. The number of carbonyl (C=O) groups is 1. The van der Waals surface area contributed by atoms with Crippen molar-refractivity contribution in [2.24, 2.45) is 5.92 Å². The van der Waals surface area contributed by atoms with Crippen LogP contribution in [0, 0.1) is 17.8 Å². The number of hydrogen-bond acceptors (Lipinski definition) is 6. The quantitative estimate of drug-likeness (QED) is 0.454. The van der Waals surface area contributed by atoms with Gasteiger partial charge in [0.05, 0.1) is 12.6 Å². The number of aliphatic hydroxyl groups is 2. The van der Waals surface area contributed by atoms with E-state index in [1.165, 1.54) is 16.7 Å². The Hall–Kier alpha value is -3.70. The molecule has 1 amide bonds. The van der Waals surface area contributed by atoms with Gasteiger partial charge in [-0.3, -0.25) is 9.69 Å². The molecule has 204 valence electrons. The van der Waals surface area contributed by atoms with Crippen molar-refractivity contribution < 1.29 is 19.7 Å². The van der Waals surface area contributed by atoms with Crippen molar-refractivity contribution >= 4 is 5.91 Å². The minimum Gasteiger partial charge on any atom is -0.472 e. The van der Waals surface area contributed by atoms with Gasteiger partial charge in [0, 0.05) is 37.3 Å². The lowest BCUT2D eigenvalue weighted by Crippen LogP contribution is -2.49. The van der Waals surface area contributed by atoms with Crippen molar-refractivity contribution in [2.75, 3.05) is 26.7 Å². The normalized spacial score (nSPS) is 18.7. The van der Waals surface area contributed by atoms with Gasteiger partial charge < -0.3 is 19.8 Å². The number of ether oxygens (including phenoxy) is 1. The second-order valence-electron chi connectivity index (χ2n) is 10.4. The molecule has 4 atom stereocenters. The van der Waals surface area contributed by atoms with E-state index in [0.717, 1.165) is 6.54 Å². The van der Waals surface area contributed by atoms with Crippen molar-refractivity contribution in [3.05, 3.63) is 83.6 Å².